The Hall–Kier alpha value is -2.67. The molecule has 0 unspecified atom stereocenters. The van der Waals surface area contributed by atoms with Gasteiger partial charge in [-0.2, -0.15) is 9.97 Å². The van der Waals surface area contributed by atoms with Gasteiger partial charge in [0.15, 0.2) is 11.3 Å². The molecular weight excluding hydrogens is 318 g/mol. The number of hydrogen-bond acceptors (Lipinski definition) is 6. The Morgan fingerprint density at radius 1 is 1.39 bits per heavy atom. The molecule has 1 aromatic carbocycles. The zero-order chi connectivity index (χ0) is 16.4. The Labute approximate surface area is 137 Å². The number of benzene rings is 1. The summed E-state index contributed by atoms with van der Waals surface area (Å²) in [6.45, 7) is 3.89. The number of aryl methyl sites for hydroxylation is 1. The van der Waals surface area contributed by atoms with Crippen molar-refractivity contribution in [3.63, 3.8) is 0 Å². The van der Waals surface area contributed by atoms with Crippen molar-refractivity contribution < 1.29 is 9.63 Å². The van der Waals surface area contributed by atoms with E-state index >= 15 is 0 Å². The standard InChI is InChI=1S/C15H14ClN5O2/c1-9-4-3-5-11(6-9)7-17-13-12-14(20-15(16)19-13)21(8-18-12)23-10(2)22/h3-6,8H,7H2,1-2H3,(H,17,19,20). The number of imidazole rings is 1. The van der Waals surface area contributed by atoms with E-state index in [1.165, 1.54) is 23.5 Å². The van der Waals surface area contributed by atoms with Crippen molar-refractivity contribution in [2.24, 2.45) is 0 Å². The highest BCUT2D eigenvalue weighted by molar-refractivity contribution is 6.28. The Balaban J connectivity index is 1.91. The summed E-state index contributed by atoms with van der Waals surface area (Å²) >= 11 is 5.95. The Morgan fingerprint density at radius 3 is 2.96 bits per heavy atom. The molecule has 3 rings (SSSR count). The molecule has 0 radical (unpaired) electrons. The molecule has 118 valence electrons. The molecule has 3 aromatic rings. The van der Waals surface area contributed by atoms with Gasteiger partial charge in [0, 0.05) is 13.5 Å². The van der Waals surface area contributed by atoms with E-state index in [-0.39, 0.29) is 5.28 Å². The maximum absolute atomic E-state index is 11.1. The number of fused-ring (bicyclic) bond motifs is 1. The van der Waals surface area contributed by atoms with E-state index in [1.807, 2.05) is 25.1 Å². The molecule has 1 N–H and O–H groups in total. The van der Waals surface area contributed by atoms with E-state index in [4.69, 9.17) is 16.4 Å². The lowest BCUT2D eigenvalue weighted by atomic mass is 10.1. The zero-order valence-corrected chi connectivity index (χ0v) is 13.3. The molecule has 0 saturated heterocycles. The molecule has 2 aromatic heterocycles. The Kier molecular flexibility index (Phi) is 4.12. The van der Waals surface area contributed by atoms with Crippen LogP contribution in [-0.4, -0.2) is 25.7 Å². The number of nitrogens with zero attached hydrogens (tertiary/aromatic N) is 4. The van der Waals surface area contributed by atoms with Crippen LogP contribution in [0.1, 0.15) is 18.1 Å². The third-order valence-electron chi connectivity index (χ3n) is 3.11. The summed E-state index contributed by atoms with van der Waals surface area (Å²) in [6, 6.07) is 8.11. The fourth-order valence-corrected chi connectivity index (χ4v) is 2.35. The summed E-state index contributed by atoms with van der Waals surface area (Å²) in [6.07, 6.45) is 1.36. The van der Waals surface area contributed by atoms with Crippen LogP contribution >= 0.6 is 11.6 Å². The smallest absolute Gasteiger partial charge is 0.330 e. The van der Waals surface area contributed by atoms with Crippen molar-refractivity contribution >= 4 is 34.6 Å². The highest BCUT2D eigenvalue weighted by atomic mass is 35.5. The lowest BCUT2D eigenvalue weighted by Gasteiger charge is -2.08. The van der Waals surface area contributed by atoms with Crippen LogP contribution in [0.15, 0.2) is 30.6 Å². The van der Waals surface area contributed by atoms with Crippen molar-refractivity contribution in [1.82, 2.24) is 19.7 Å². The first-order valence-electron chi connectivity index (χ1n) is 6.92. The minimum atomic E-state index is -0.478. The second kappa shape index (κ2) is 6.21. The highest BCUT2D eigenvalue weighted by Crippen LogP contribution is 2.21. The first-order chi connectivity index (χ1) is 11.0. The quantitative estimate of drug-likeness (QED) is 0.739. The third kappa shape index (κ3) is 3.40. The average Bonchev–Trinajstić information content (AvgIpc) is 2.87. The van der Waals surface area contributed by atoms with Crippen molar-refractivity contribution in [2.75, 3.05) is 5.32 Å². The Bertz CT molecular complexity index is 877. The first kappa shape index (κ1) is 15.2. The Morgan fingerprint density at radius 2 is 2.22 bits per heavy atom. The van der Waals surface area contributed by atoms with E-state index in [9.17, 15) is 4.79 Å². The molecule has 23 heavy (non-hydrogen) atoms. The third-order valence-corrected chi connectivity index (χ3v) is 3.28. The second-order valence-corrected chi connectivity index (χ2v) is 5.35. The number of nitrogens with one attached hydrogen (secondary N) is 1. The lowest BCUT2D eigenvalue weighted by molar-refractivity contribution is -0.141. The molecule has 0 aliphatic rings. The molecule has 7 nitrogen and oxygen atoms in total. The van der Waals surface area contributed by atoms with Gasteiger partial charge < -0.3 is 10.2 Å². The van der Waals surface area contributed by atoms with Gasteiger partial charge in [0.25, 0.3) is 0 Å². The monoisotopic (exact) mass is 331 g/mol. The molecule has 0 saturated carbocycles. The second-order valence-electron chi connectivity index (χ2n) is 5.01. The SMILES string of the molecule is CC(=O)On1cnc2c(NCc3cccc(C)c3)nc(Cl)nc21. The van der Waals surface area contributed by atoms with E-state index in [0.29, 0.717) is 23.5 Å². The van der Waals surface area contributed by atoms with Crippen LogP contribution in [0.2, 0.25) is 5.28 Å². The lowest BCUT2D eigenvalue weighted by Crippen LogP contribution is -2.16. The summed E-state index contributed by atoms with van der Waals surface area (Å²) < 4.78 is 1.17. The summed E-state index contributed by atoms with van der Waals surface area (Å²) in [5.41, 5.74) is 3.08. The van der Waals surface area contributed by atoms with Gasteiger partial charge in [-0.25, -0.2) is 9.78 Å². The molecule has 0 aliphatic carbocycles. The first-order valence-corrected chi connectivity index (χ1v) is 7.29. The fraction of sp³-hybridized carbons (Fsp3) is 0.200. The predicted molar refractivity (Wildman–Crippen MR) is 86.1 cm³/mol. The van der Waals surface area contributed by atoms with Crippen molar-refractivity contribution in [2.45, 2.75) is 20.4 Å². The number of carbonyl (C=O) groups excluding carboxylic acids is 1. The van der Waals surface area contributed by atoms with Gasteiger partial charge >= 0.3 is 5.97 Å². The van der Waals surface area contributed by atoms with Crippen molar-refractivity contribution in [3.05, 3.63) is 47.0 Å². The van der Waals surface area contributed by atoms with Crippen LogP contribution in [-0.2, 0) is 11.3 Å². The van der Waals surface area contributed by atoms with E-state index in [2.05, 4.69) is 26.3 Å². The molecule has 2 heterocycles. The summed E-state index contributed by atoms with van der Waals surface area (Å²) in [7, 11) is 0. The van der Waals surface area contributed by atoms with Gasteiger partial charge in [-0.1, -0.05) is 29.8 Å². The van der Waals surface area contributed by atoms with Gasteiger partial charge in [0.05, 0.1) is 0 Å². The highest BCUT2D eigenvalue weighted by Gasteiger charge is 2.14. The van der Waals surface area contributed by atoms with Crippen molar-refractivity contribution in [1.29, 1.82) is 0 Å². The van der Waals surface area contributed by atoms with Crippen LogP contribution in [0.4, 0.5) is 5.82 Å². The molecule has 8 heteroatoms. The van der Waals surface area contributed by atoms with Gasteiger partial charge in [0.1, 0.15) is 6.33 Å². The topological polar surface area (TPSA) is 81.9 Å². The molecule has 0 spiro atoms. The zero-order valence-electron chi connectivity index (χ0n) is 12.6. The molecule has 0 amide bonds. The van der Waals surface area contributed by atoms with Gasteiger partial charge in [0.2, 0.25) is 10.9 Å². The summed E-state index contributed by atoms with van der Waals surface area (Å²) in [5, 5.41) is 3.23. The normalized spacial score (nSPS) is 10.7. The van der Waals surface area contributed by atoms with Crippen molar-refractivity contribution in [3.8, 4) is 0 Å². The number of hydrogen-bond donors (Lipinski definition) is 1. The predicted octanol–water partition coefficient (Wildman–Crippen LogP) is 2.38. The fourth-order valence-electron chi connectivity index (χ4n) is 2.19. The van der Waals surface area contributed by atoms with Crippen LogP contribution in [0.5, 0.6) is 0 Å². The number of halogens is 1. The van der Waals surface area contributed by atoms with E-state index in [1.54, 1.807) is 0 Å². The molecule has 0 atom stereocenters. The van der Waals surface area contributed by atoms with Gasteiger partial charge in [-0.15, -0.1) is 4.73 Å². The van der Waals surface area contributed by atoms with E-state index < -0.39 is 5.97 Å². The molecular formula is C15H14ClN5O2. The van der Waals surface area contributed by atoms with Crippen LogP contribution < -0.4 is 10.2 Å². The molecule has 0 aliphatic heterocycles. The van der Waals surface area contributed by atoms with Crippen LogP contribution in [0.25, 0.3) is 11.2 Å². The average molecular weight is 332 g/mol. The molecule has 0 bridgehead atoms. The summed E-state index contributed by atoms with van der Waals surface area (Å²) in [4.78, 5) is 28.5. The van der Waals surface area contributed by atoms with Crippen LogP contribution in [0.3, 0.4) is 0 Å². The number of carbonyl (C=O) groups is 1. The molecule has 0 fully saturated rings. The number of anilines is 1. The van der Waals surface area contributed by atoms with E-state index in [0.717, 1.165) is 5.56 Å². The number of rotatable bonds is 4. The minimum absolute atomic E-state index is 0.0399. The maximum atomic E-state index is 11.1. The van der Waals surface area contributed by atoms with Crippen LogP contribution in [0, 0.1) is 6.92 Å². The van der Waals surface area contributed by atoms with Gasteiger partial charge in [-0.3, -0.25) is 0 Å². The van der Waals surface area contributed by atoms with Gasteiger partial charge in [-0.05, 0) is 24.1 Å². The summed E-state index contributed by atoms with van der Waals surface area (Å²) in [5.74, 6) is 0.000660. The minimum Gasteiger partial charge on any atom is -0.364 e. The largest absolute Gasteiger partial charge is 0.364 e. The maximum Gasteiger partial charge on any atom is 0.330 e. The number of aromatic nitrogens is 4.